The fraction of sp³-hybridized carbons (Fsp3) is 0.650. The Labute approximate surface area is 157 Å². The number of piperidine rings is 1. The lowest BCUT2D eigenvalue weighted by Gasteiger charge is -2.37. The fourth-order valence-electron chi connectivity index (χ4n) is 3.99. The second-order valence-corrected chi connectivity index (χ2v) is 6.99. The van der Waals surface area contributed by atoms with E-state index in [9.17, 15) is 4.79 Å². The highest BCUT2D eigenvalue weighted by Gasteiger charge is 2.34. The summed E-state index contributed by atoms with van der Waals surface area (Å²) in [5, 5.41) is 0. The van der Waals surface area contributed by atoms with Crippen LogP contribution in [0.2, 0.25) is 0 Å². The van der Waals surface area contributed by atoms with Crippen LogP contribution in [0.5, 0.6) is 5.75 Å². The number of rotatable bonds is 5. The zero-order chi connectivity index (χ0) is 16.9. The summed E-state index contributed by atoms with van der Waals surface area (Å²) < 4.78 is 11.2. The van der Waals surface area contributed by atoms with Crippen LogP contribution in [0.15, 0.2) is 18.2 Å². The molecule has 1 aliphatic heterocycles. The monoisotopic (exact) mass is 367 g/mol. The van der Waals surface area contributed by atoms with Crippen molar-refractivity contribution in [3.05, 3.63) is 29.3 Å². The van der Waals surface area contributed by atoms with Gasteiger partial charge in [0, 0.05) is 18.9 Å². The first-order valence-electron chi connectivity index (χ1n) is 9.30. The van der Waals surface area contributed by atoms with Crippen LogP contribution >= 0.6 is 12.4 Å². The van der Waals surface area contributed by atoms with Gasteiger partial charge in [0.1, 0.15) is 11.9 Å². The van der Waals surface area contributed by atoms with E-state index in [1.807, 2.05) is 13.0 Å². The van der Waals surface area contributed by atoms with Gasteiger partial charge in [0.25, 0.3) is 0 Å². The number of carbonyl (C=O) groups excluding carboxylic acids is 1. The molecule has 2 unspecified atom stereocenters. The highest BCUT2D eigenvalue weighted by Crippen LogP contribution is 2.39. The molecule has 1 heterocycles. The van der Waals surface area contributed by atoms with Gasteiger partial charge in [-0.1, -0.05) is 19.4 Å². The SMILES string of the molecule is CCC(=O)OC1c2ccc(OC)cc2CCC1CN1CCCCC1.Cl. The molecule has 0 N–H and O–H groups in total. The standard InChI is InChI=1S/C20H29NO3.ClH/c1-3-19(22)24-20-16(14-21-11-5-4-6-12-21)8-7-15-13-17(23-2)9-10-18(15)20;/h9-10,13,16,20H,3-8,11-12,14H2,1-2H3;1H. The van der Waals surface area contributed by atoms with Crippen LogP contribution in [0, 0.1) is 5.92 Å². The molecule has 0 aromatic heterocycles. The van der Waals surface area contributed by atoms with Crippen molar-refractivity contribution in [2.24, 2.45) is 5.92 Å². The molecule has 1 aromatic carbocycles. The summed E-state index contributed by atoms with van der Waals surface area (Å²) in [6.07, 6.45) is 6.34. The average molecular weight is 368 g/mol. The first kappa shape index (κ1) is 20.1. The van der Waals surface area contributed by atoms with E-state index in [1.165, 1.54) is 43.5 Å². The minimum Gasteiger partial charge on any atom is -0.497 e. The minimum absolute atomic E-state index is 0. The zero-order valence-electron chi connectivity index (χ0n) is 15.3. The second kappa shape index (κ2) is 9.44. The molecule has 25 heavy (non-hydrogen) atoms. The summed E-state index contributed by atoms with van der Waals surface area (Å²) in [5.41, 5.74) is 2.43. The summed E-state index contributed by atoms with van der Waals surface area (Å²) in [4.78, 5) is 14.5. The molecule has 1 aromatic rings. The van der Waals surface area contributed by atoms with E-state index in [-0.39, 0.29) is 24.5 Å². The number of hydrogen-bond acceptors (Lipinski definition) is 4. The van der Waals surface area contributed by atoms with Crippen molar-refractivity contribution in [1.29, 1.82) is 0 Å². The number of halogens is 1. The Bertz CT molecular complexity index is 572. The van der Waals surface area contributed by atoms with Crippen LogP contribution in [-0.2, 0) is 16.0 Å². The molecular formula is C20H30ClNO3. The van der Waals surface area contributed by atoms with Crippen molar-refractivity contribution in [3.8, 4) is 5.75 Å². The summed E-state index contributed by atoms with van der Waals surface area (Å²) in [7, 11) is 1.69. The van der Waals surface area contributed by atoms with Crippen molar-refractivity contribution >= 4 is 18.4 Å². The maximum atomic E-state index is 12.0. The maximum absolute atomic E-state index is 12.0. The van der Waals surface area contributed by atoms with Crippen LogP contribution in [0.1, 0.15) is 56.3 Å². The Balaban J connectivity index is 0.00000225. The highest BCUT2D eigenvalue weighted by atomic mass is 35.5. The lowest BCUT2D eigenvalue weighted by molar-refractivity contribution is -0.153. The topological polar surface area (TPSA) is 38.8 Å². The van der Waals surface area contributed by atoms with Crippen molar-refractivity contribution in [2.45, 2.75) is 51.6 Å². The Morgan fingerprint density at radius 1 is 1.24 bits per heavy atom. The molecule has 140 valence electrons. The second-order valence-electron chi connectivity index (χ2n) is 6.99. The highest BCUT2D eigenvalue weighted by molar-refractivity contribution is 5.85. The van der Waals surface area contributed by atoms with E-state index < -0.39 is 0 Å². The molecule has 2 atom stereocenters. The quantitative estimate of drug-likeness (QED) is 0.732. The van der Waals surface area contributed by atoms with Crippen molar-refractivity contribution in [3.63, 3.8) is 0 Å². The molecule has 1 fully saturated rings. The molecule has 0 radical (unpaired) electrons. The third kappa shape index (κ3) is 4.89. The van der Waals surface area contributed by atoms with Gasteiger partial charge in [0.05, 0.1) is 7.11 Å². The number of likely N-dealkylation sites (tertiary alicyclic amines) is 1. The van der Waals surface area contributed by atoms with Crippen LogP contribution in [0.25, 0.3) is 0 Å². The van der Waals surface area contributed by atoms with E-state index >= 15 is 0 Å². The molecular weight excluding hydrogens is 338 g/mol. The Morgan fingerprint density at radius 2 is 2.00 bits per heavy atom. The minimum atomic E-state index is -0.117. The van der Waals surface area contributed by atoms with E-state index in [0.717, 1.165) is 25.1 Å². The van der Waals surface area contributed by atoms with Gasteiger partial charge in [-0.25, -0.2) is 0 Å². The van der Waals surface area contributed by atoms with Gasteiger partial charge in [-0.05, 0) is 62.0 Å². The number of ether oxygens (including phenoxy) is 2. The molecule has 1 saturated heterocycles. The van der Waals surface area contributed by atoms with E-state index in [2.05, 4.69) is 17.0 Å². The van der Waals surface area contributed by atoms with Crippen molar-refractivity contribution in [1.82, 2.24) is 4.90 Å². The molecule has 0 spiro atoms. The van der Waals surface area contributed by atoms with E-state index in [0.29, 0.717) is 12.3 Å². The van der Waals surface area contributed by atoms with Crippen molar-refractivity contribution in [2.75, 3.05) is 26.7 Å². The number of fused-ring (bicyclic) bond motifs is 1. The number of nitrogens with zero attached hydrogens (tertiary/aromatic N) is 1. The smallest absolute Gasteiger partial charge is 0.306 e. The Hall–Kier alpha value is -1.26. The van der Waals surface area contributed by atoms with Gasteiger partial charge in [0.2, 0.25) is 0 Å². The zero-order valence-corrected chi connectivity index (χ0v) is 16.1. The number of benzene rings is 1. The van der Waals surface area contributed by atoms with Crippen LogP contribution in [-0.4, -0.2) is 37.6 Å². The van der Waals surface area contributed by atoms with Crippen LogP contribution in [0.3, 0.4) is 0 Å². The number of methoxy groups -OCH3 is 1. The molecule has 3 rings (SSSR count). The third-order valence-electron chi connectivity index (χ3n) is 5.36. The summed E-state index contributed by atoms with van der Waals surface area (Å²) >= 11 is 0. The Morgan fingerprint density at radius 3 is 2.68 bits per heavy atom. The molecule has 5 heteroatoms. The third-order valence-corrected chi connectivity index (χ3v) is 5.36. The molecule has 4 nitrogen and oxygen atoms in total. The van der Waals surface area contributed by atoms with Gasteiger partial charge in [0.15, 0.2) is 0 Å². The predicted molar refractivity (Wildman–Crippen MR) is 101 cm³/mol. The molecule has 0 amide bonds. The molecule has 1 aliphatic carbocycles. The first-order valence-corrected chi connectivity index (χ1v) is 9.30. The molecule has 0 bridgehead atoms. The van der Waals surface area contributed by atoms with Gasteiger partial charge in [-0.15, -0.1) is 12.4 Å². The number of hydrogen-bond donors (Lipinski definition) is 0. The maximum Gasteiger partial charge on any atom is 0.306 e. The normalized spacial score (nSPS) is 23.3. The summed E-state index contributed by atoms with van der Waals surface area (Å²) in [6, 6.07) is 6.16. The number of aryl methyl sites for hydroxylation is 1. The van der Waals surface area contributed by atoms with Crippen molar-refractivity contribution < 1.29 is 14.3 Å². The summed E-state index contributed by atoms with van der Waals surface area (Å²) in [6.45, 7) is 5.26. The van der Waals surface area contributed by atoms with Gasteiger partial charge in [-0.2, -0.15) is 0 Å². The fourth-order valence-corrected chi connectivity index (χ4v) is 3.99. The molecule has 0 saturated carbocycles. The number of carbonyl (C=O) groups is 1. The van der Waals surface area contributed by atoms with Gasteiger partial charge < -0.3 is 14.4 Å². The summed E-state index contributed by atoms with van der Waals surface area (Å²) in [5.74, 6) is 1.16. The predicted octanol–water partition coefficient (Wildman–Crippen LogP) is 4.16. The average Bonchev–Trinajstić information content (AvgIpc) is 2.63. The first-order chi connectivity index (χ1) is 11.7. The van der Waals surface area contributed by atoms with Gasteiger partial charge in [-0.3, -0.25) is 4.79 Å². The number of esters is 1. The van der Waals surface area contributed by atoms with E-state index in [4.69, 9.17) is 9.47 Å². The van der Waals surface area contributed by atoms with E-state index in [1.54, 1.807) is 7.11 Å². The van der Waals surface area contributed by atoms with Crippen LogP contribution in [0.4, 0.5) is 0 Å². The van der Waals surface area contributed by atoms with Crippen LogP contribution < -0.4 is 4.74 Å². The lowest BCUT2D eigenvalue weighted by atomic mass is 9.80. The molecule has 2 aliphatic rings. The largest absolute Gasteiger partial charge is 0.497 e. The van der Waals surface area contributed by atoms with Gasteiger partial charge >= 0.3 is 5.97 Å². The Kier molecular flexibility index (Phi) is 7.57. The lowest BCUT2D eigenvalue weighted by Crippen LogP contribution is -2.38.